The highest BCUT2D eigenvalue weighted by atomic mass is 16.2. The van der Waals surface area contributed by atoms with Crippen LogP contribution in [0.2, 0.25) is 0 Å². The van der Waals surface area contributed by atoms with E-state index in [0.717, 1.165) is 32.4 Å². The summed E-state index contributed by atoms with van der Waals surface area (Å²) in [6.45, 7) is 6.30. The maximum absolute atomic E-state index is 12.1. The van der Waals surface area contributed by atoms with Crippen molar-refractivity contribution >= 4 is 5.91 Å². The molecule has 0 radical (unpaired) electrons. The van der Waals surface area contributed by atoms with E-state index in [1.807, 2.05) is 4.90 Å². The quantitative estimate of drug-likeness (QED) is 0.790. The van der Waals surface area contributed by atoms with Crippen molar-refractivity contribution in [1.29, 1.82) is 0 Å². The van der Waals surface area contributed by atoms with Gasteiger partial charge in [0, 0.05) is 19.1 Å². The third kappa shape index (κ3) is 2.99. The number of hydrogen-bond donors (Lipinski definition) is 1. The van der Waals surface area contributed by atoms with E-state index in [4.69, 9.17) is 5.73 Å². The van der Waals surface area contributed by atoms with E-state index >= 15 is 0 Å². The number of rotatable bonds is 4. The minimum absolute atomic E-state index is 0.161. The van der Waals surface area contributed by atoms with Gasteiger partial charge in [0.25, 0.3) is 0 Å². The molecule has 0 aliphatic carbocycles. The lowest BCUT2D eigenvalue weighted by atomic mass is 10.1. The number of hydrogen-bond acceptors (Lipinski definition) is 3. The predicted octanol–water partition coefficient (Wildman–Crippen LogP) is 0.811. The molecule has 1 amide bonds. The molecular formula is C13H25N3O. The number of nitrogens with zero attached hydrogens (tertiary/aromatic N) is 2. The van der Waals surface area contributed by atoms with Crippen LogP contribution in [-0.2, 0) is 4.79 Å². The Bertz CT molecular complexity index is 263. The fourth-order valence-corrected chi connectivity index (χ4v) is 3.02. The Hall–Kier alpha value is -0.610. The van der Waals surface area contributed by atoms with Crippen LogP contribution in [0.25, 0.3) is 0 Å². The van der Waals surface area contributed by atoms with E-state index in [-0.39, 0.29) is 11.9 Å². The number of amides is 1. The van der Waals surface area contributed by atoms with Crippen LogP contribution < -0.4 is 5.73 Å². The van der Waals surface area contributed by atoms with Crippen LogP contribution in [0, 0.1) is 0 Å². The zero-order valence-corrected chi connectivity index (χ0v) is 10.9. The third-order valence-electron chi connectivity index (χ3n) is 4.05. The van der Waals surface area contributed by atoms with Gasteiger partial charge in [-0.2, -0.15) is 0 Å². The SMILES string of the molecule is CCCC(N)C(=O)N1CCC(N2CCCC2)C1. The molecule has 2 fully saturated rings. The first-order valence-corrected chi connectivity index (χ1v) is 7.00. The Kier molecular flexibility index (Phi) is 4.40. The molecule has 2 N–H and O–H groups in total. The summed E-state index contributed by atoms with van der Waals surface area (Å²) in [5, 5.41) is 0. The zero-order chi connectivity index (χ0) is 12.3. The minimum Gasteiger partial charge on any atom is -0.340 e. The van der Waals surface area contributed by atoms with E-state index in [9.17, 15) is 4.79 Å². The average Bonchev–Trinajstić information content (AvgIpc) is 2.98. The summed E-state index contributed by atoms with van der Waals surface area (Å²) < 4.78 is 0. The van der Waals surface area contributed by atoms with Gasteiger partial charge in [-0.25, -0.2) is 0 Å². The average molecular weight is 239 g/mol. The minimum atomic E-state index is -0.280. The highest BCUT2D eigenvalue weighted by molar-refractivity contribution is 5.81. The first-order chi connectivity index (χ1) is 8.22. The van der Waals surface area contributed by atoms with Crippen LogP contribution in [-0.4, -0.2) is 54.0 Å². The summed E-state index contributed by atoms with van der Waals surface area (Å²) in [5.74, 6) is 0.161. The van der Waals surface area contributed by atoms with Crippen molar-refractivity contribution < 1.29 is 4.79 Å². The molecule has 17 heavy (non-hydrogen) atoms. The lowest BCUT2D eigenvalue weighted by Crippen LogP contribution is -2.44. The Balaban J connectivity index is 1.82. The molecular weight excluding hydrogens is 214 g/mol. The molecule has 2 saturated heterocycles. The van der Waals surface area contributed by atoms with Gasteiger partial charge >= 0.3 is 0 Å². The zero-order valence-electron chi connectivity index (χ0n) is 10.9. The summed E-state index contributed by atoms with van der Waals surface area (Å²) >= 11 is 0. The molecule has 4 heteroatoms. The largest absolute Gasteiger partial charge is 0.340 e. The van der Waals surface area contributed by atoms with Crippen LogP contribution in [0.15, 0.2) is 0 Å². The van der Waals surface area contributed by atoms with Crippen LogP contribution >= 0.6 is 0 Å². The van der Waals surface area contributed by atoms with Crippen molar-refractivity contribution in [3.63, 3.8) is 0 Å². The van der Waals surface area contributed by atoms with Gasteiger partial charge in [0.15, 0.2) is 0 Å². The Morgan fingerprint density at radius 3 is 2.71 bits per heavy atom. The monoisotopic (exact) mass is 239 g/mol. The maximum Gasteiger partial charge on any atom is 0.239 e. The summed E-state index contributed by atoms with van der Waals surface area (Å²) in [7, 11) is 0. The molecule has 0 aromatic rings. The van der Waals surface area contributed by atoms with E-state index in [1.165, 1.54) is 25.9 Å². The highest BCUT2D eigenvalue weighted by Gasteiger charge is 2.32. The summed E-state index contributed by atoms with van der Waals surface area (Å²) in [6.07, 6.45) is 5.56. The lowest BCUT2D eigenvalue weighted by molar-refractivity contribution is -0.131. The van der Waals surface area contributed by atoms with E-state index in [0.29, 0.717) is 6.04 Å². The van der Waals surface area contributed by atoms with Crippen LogP contribution in [0.3, 0.4) is 0 Å². The molecule has 2 atom stereocenters. The second-order valence-corrected chi connectivity index (χ2v) is 5.36. The molecule has 0 aromatic heterocycles. The second kappa shape index (κ2) is 5.83. The molecule has 98 valence electrons. The van der Waals surface area contributed by atoms with Crippen molar-refractivity contribution in [2.45, 2.75) is 51.1 Å². The fourth-order valence-electron chi connectivity index (χ4n) is 3.02. The lowest BCUT2D eigenvalue weighted by Gasteiger charge is -2.24. The molecule has 0 bridgehead atoms. The molecule has 2 aliphatic rings. The van der Waals surface area contributed by atoms with Gasteiger partial charge in [-0.3, -0.25) is 9.69 Å². The van der Waals surface area contributed by atoms with E-state index < -0.39 is 0 Å². The topological polar surface area (TPSA) is 49.6 Å². The summed E-state index contributed by atoms with van der Waals surface area (Å²) in [4.78, 5) is 16.6. The van der Waals surface area contributed by atoms with Gasteiger partial charge in [-0.05, 0) is 38.8 Å². The highest BCUT2D eigenvalue weighted by Crippen LogP contribution is 2.21. The number of nitrogens with two attached hydrogens (primary N) is 1. The molecule has 0 spiro atoms. The molecule has 2 heterocycles. The molecule has 4 nitrogen and oxygen atoms in total. The van der Waals surface area contributed by atoms with E-state index in [2.05, 4.69) is 11.8 Å². The molecule has 0 saturated carbocycles. The smallest absolute Gasteiger partial charge is 0.239 e. The Labute approximate surface area is 104 Å². The maximum atomic E-state index is 12.1. The van der Waals surface area contributed by atoms with Crippen LogP contribution in [0.4, 0.5) is 0 Å². The number of likely N-dealkylation sites (tertiary alicyclic amines) is 2. The number of carbonyl (C=O) groups excluding carboxylic acids is 1. The van der Waals surface area contributed by atoms with Crippen molar-refractivity contribution in [3.8, 4) is 0 Å². The van der Waals surface area contributed by atoms with Crippen molar-refractivity contribution in [2.24, 2.45) is 5.73 Å². The van der Waals surface area contributed by atoms with Gasteiger partial charge in [0.1, 0.15) is 0 Å². The molecule has 2 rings (SSSR count). The van der Waals surface area contributed by atoms with Gasteiger partial charge in [-0.1, -0.05) is 13.3 Å². The Morgan fingerprint density at radius 2 is 2.06 bits per heavy atom. The van der Waals surface area contributed by atoms with Crippen LogP contribution in [0.5, 0.6) is 0 Å². The standard InChI is InChI=1S/C13H25N3O/c1-2-5-12(14)13(17)16-9-6-11(10-16)15-7-3-4-8-15/h11-12H,2-10,14H2,1H3. The van der Waals surface area contributed by atoms with E-state index in [1.54, 1.807) is 0 Å². The Morgan fingerprint density at radius 1 is 1.35 bits per heavy atom. The summed E-state index contributed by atoms with van der Waals surface area (Å²) in [6, 6.07) is 0.313. The van der Waals surface area contributed by atoms with Gasteiger partial charge < -0.3 is 10.6 Å². The van der Waals surface area contributed by atoms with Crippen molar-refractivity contribution in [2.75, 3.05) is 26.2 Å². The molecule has 2 unspecified atom stereocenters. The summed E-state index contributed by atoms with van der Waals surface area (Å²) in [5.41, 5.74) is 5.90. The normalized spacial score (nSPS) is 27.6. The first-order valence-electron chi connectivity index (χ1n) is 7.00. The van der Waals surface area contributed by atoms with Gasteiger partial charge in [0.2, 0.25) is 5.91 Å². The van der Waals surface area contributed by atoms with Crippen molar-refractivity contribution in [3.05, 3.63) is 0 Å². The van der Waals surface area contributed by atoms with Gasteiger partial charge in [0.05, 0.1) is 6.04 Å². The predicted molar refractivity (Wildman–Crippen MR) is 68.7 cm³/mol. The second-order valence-electron chi connectivity index (χ2n) is 5.36. The molecule has 0 aromatic carbocycles. The fraction of sp³-hybridized carbons (Fsp3) is 0.923. The first kappa shape index (κ1) is 12.8. The van der Waals surface area contributed by atoms with Crippen LogP contribution in [0.1, 0.15) is 39.0 Å². The number of carbonyl (C=O) groups is 1. The van der Waals surface area contributed by atoms with Gasteiger partial charge in [-0.15, -0.1) is 0 Å². The van der Waals surface area contributed by atoms with Crippen molar-refractivity contribution in [1.82, 2.24) is 9.80 Å². The third-order valence-corrected chi connectivity index (χ3v) is 4.05. The molecule has 2 aliphatic heterocycles.